The molecule has 1 fully saturated rings. The van der Waals surface area contributed by atoms with Crippen molar-refractivity contribution in [1.82, 2.24) is 4.90 Å². The molecule has 2 amide bonds. The lowest BCUT2D eigenvalue weighted by molar-refractivity contribution is -0.145. The molecule has 0 radical (unpaired) electrons. The van der Waals surface area contributed by atoms with E-state index in [1.807, 2.05) is 30.3 Å². The zero-order chi connectivity index (χ0) is 15.2. The van der Waals surface area contributed by atoms with E-state index in [-0.39, 0.29) is 17.7 Å². The molecule has 1 aliphatic rings. The Hall–Kier alpha value is -1.88. The van der Waals surface area contributed by atoms with E-state index in [0.29, 0.717) is 32.5 Å². The number of primary amides is 1. The lowest BCUT2D eigenvalue weighted by Crippen LogP contribution is -2.45. The number of rotatable bonds is 5. The highest BCUT2D eigenvalue weighted by molar-refractivity contribution is 5.81. The molecule has 1 heterocycles. The molecule has 21 heavy (non-hydrogen) atoms. The number of nitrogens with zero attached hydrogens (tertiary/aromatic N) is 1. The van der Waals surface area contributed by atoms with Crippen LogP contribution in [0.3, 0.4) is 0 Å². The van der Waals surface area contributed by atoms with Crippen LogP contribution in [-0.2, 0) is 20.9 Å². The fourth-order valence-electron chi connectivity index (χ4n) is 2.51. The summed E-state index contributed by atoms with van der Waals surface area (Å²) in [5, 5.41) is 0. The number of carbonyl (C=O) groups is 2. The zero-order valence-corrected chi connectivity index (χ0v) is 12.3. The molecule has 5 nitrogen and oxygen atoms in total. The Kier molecular flexibility index (Phi) is 5.33. The van der Waals surface area contributed by atoms with Gasteiger partial charge in [-0.1, -0.05) is 30.3 Å². The summed E-state index contributed by atoms with van der Waals surface area (Å²) in [5.41, 5.74) is 6.34. The van der Waals surface area contributed by atoms with Crippen LogP contribution in [0.4, 0.5) is 0 Å². The van der Waals surface area contributed by atoms with E-state index in [1.165, 1.54) is 0 Å². The second-order valence-corrected chi connectivity index (χ2v) is 5.44. The number of piperidine rings is 1. The van der Waals surface area contributed by atoms with Crippen LogP contribution in [-0.4, -0.2) is 35.9 Å². The number of hydrogen-bond donors (Lipinski definition) is 1. The van der Waals surface area contributed by atoms with Gasteiger partial charge in [0.2, 0.25) is 5.91 Å². The van der Waals surface area contributed by atoms with Crippen molar-refractivity contribution in [3.05, 3.63) is 35.9 Å². The predicted octanol–water partition coefficient (Wildman–Crippen LogP) is 1.32. The van der Waals surface area contributed by atoms with Crippen LogP contribution in [0.5, 0.6) is 0 Å². The van der Waals surface area contributed by atoms with E-state index in [4.69, 9.17) is 10.5 Å². The Morgan fingerprint density at radius 1 is 1.29 bits per heavy atom. The van der Waals surface area contributed by atoms with Gasteiger partial charge in [0, 0.05) is 19.0 Å². The Bertz CT molecular complexity index is 482. The van der Waals surface area contributed by atoms with Crippen molar-refractivity contribution in [1.29, 1.82) is 0 Å². The molecule has 5 heteroatoms. The number of ether oxygens (including phenoxy) is 1. The van der Waals surface area contributed by atoms with Gasteiger partial charge in [-0.25, -0.2) is 0 Å². The molecule has 2 N–H and O–H groups in total. The average molecular weight is 290 g/mol. The molecule has 0 aromatic heterocycles. The van der Waals surface area contributed by atoms with E-state index in [2.05, 4.69) is 0 Å². The van der Waals surface area contributed by atoms with Crippen molar-refractivity contribution >= 4 is 11.8 Å². The predicted molar refractivity (Wildman–Crippen MR) is 79.2 cm³/mol. The molecular formula is C16H22N2O3. The first kappa shape index (κ1) is 15.5. The van der Waals surface area contributed by atoms with Crippen LogP contribution < -0.4 is 5.73 Å². The fourth-order valence-corrected chi connectivity index (χ4v) is 2.51. The number of hydrogen-bond acceptors (Lipinski definition) is 3. The van der Waals surface area contributed by atoms with E-state index >= 15 is 0 Å². The summed E-state index contributed by atoms with van der Waals surface area (Å²) in [4.78, 5) is 25.2. The first-order chi connectivity index (χ1) is 10.1. The van der Waals surface area contributed by atoms with Crippen molar-refractivity contribution in [3.8, 4) is 0 Å². The first-order valence-electron chi connectivity index (χ1n) is 7.31. The SMILES string of the molecule is C[C@H](OCc1ccccc1)C(=O)N1CCC(C(N)=O)CC1. The van der Waals surface area contributed by atoms with Gasteiger partial charge in [-0.2, -0.15) is 0 Å². The van der Waals surface area contributed by atoms with Gasteiger partial charge in [0.05, 0.1) is 6.61 Å². The topological polar surface area (TPSA) is 72.6 Å². The average Bonchev–Trinajstić information content (AvgIpc) is 2.53. The van der Waals surface area contributed by atoms with Gasteiger partial charge < -0.3 is 15.4 Å². The van der Waals surface area contributed by atoms with E-state index in [1.54, 1.807) is 11.8 Å². The highest BCUT2D eigenvalue weighted by Crippen LogP contribution is 2.18. The van der Waals surface area contributed by atoms with Gasteiger partial charge in [0.1, 0.15) is 6.10 Å². The first-order valence-corrected chi connectivity index (χ1v) is 7.31. The maximum absolute atomic E-state index is 12.3. The summed E-state index contributed by atoms with van der Waals surface area (Å²) in [6.45, 7) is 3.34. The molecule has 1 saturated heterocycles. The van der Waals surface area contributed by atoms with E-state index < -0.39 is 6.10 Å². The van der Waals surface area contributed by atoms with Crippen molar-refractivity contribution in [3.63, 3.8) is 0 Å². The quantitative estimate of drug-likeness (QED) is 0.888. The summed E-state index contributed by atoms with van der Waals surface area (Å²) in [5.74, 6) is -0.390. The minimum atomic E-state index is -0.477. The summed E-state index contributed by atoms with van der Waals surface area (Å²) in [6.07, 6.45) is 0.814. The van der Waals surface area contributed by atoms with Gasteiger partial charge in [0.25, 0.3) is 5.91 Å². The number of benzene rings is 1. The third kappa shape index (κ3) is 4.29. The van der Waals surface area contributed by atoms with Crippen molar-refractivity contribution in [2.24, 2.45) is 11.7 Å². The molecule has 1 aromatic carbocycles. The van der Waals surface area contributed by atoms with Gasteiger partial charge in [-0.15, -0.1) is 0 Å². The second-order valence-electron chi connectivity index (χ2n) is 5.44. The minimum absolute atomic E-state index is 0.0196. The van der Waals surface area contributed by atoms with Crippen LogP contribution in [0.15, 0.2) is 30.3 Å². The molecule has 0 spiro atoms. The van der Waals surface area contributed by atoms with Crippen LogP contribution in [0, 0.1) is 5.92 Å². The highest BCUT2D eigenvalue weighted by Gasteiger charge is 2.28. The highest BCUT2D eigenvalue weighted by atomic mass is 16.5. The molecule has 114 valence electrons. The lowest BCUT2D eigenvalue weighted by atomic mass is 9.96. The minimum Gasteiger partial charge on any atom is -0.369 e. The molecule has 0 bridgehead atoms. The van der Waals surface area contributed by atoms with E-state index in [0.717, 1.165) is 5.56 Å². The Morgan fingerprint density at radius 3 is 2.48 bits per heavy atom. The zero-order valence-electron chi connectivity index (χ0n) is 12.3. The van der Waals surface area contributed by atoms with Crippen molar-refractivity contribution in [2.45, 2.75) is 32.5 Å². The number of carbonyl (C=O) groups excluding carboxylic acids is 2. The van der Waals surface area contributed by atoms with Crippen molar-refractivity contribution in [2.75, 3.05) is 13.1 Å². The maximum atomic E-state index is 12.3. The Balaban J connectivity index is 1.79. The second kappa shape index (κ2) is 7.22. The normalized spacial score (nSPS) is 17.5. The van der Waals surface area contributed by atoms with Crippen molar-refractivity contribution < 1.29 is 14.3 Å². The smallest absolute Gasteiger partial charge is 0.251 e. The number of likely N-dealkylation sites (tertiary alicyclic amines) is 1. The molecule has 0 aliphatic carbocycles. The van der Waals surface area contributed by atoms with Gasteiger partial charge >= 0.3 is 0 Å². The molecule has 2 rings (SSSR count). The monoisotopic (exact) mass is 290 g/mol. The van der Waals surface area contributed by atoms with Gasteiger partial charge in [0.15, 0.2) is 0 Å². The maximum Gasteiger partial charge on any atom is 0.251 e. The fraction of sp³-hybridized carbons (Fsp3) is 0.500. The molecular weight excluding hydrogens is 268 g/mol. The molecule has 1 aliphatic heterocycles. The van der Waals surface area contributed by atoms with Crippen LogP contribution in [0.25, 0.3) is 0 Å². The van der Waals surface area contributed by atoms with Gasteiger partial charge in [-0.3, -0.25) is 9.59 Å². The van der Waals surface area contributed by atoms with E-state index in [9.17, 15) is 9.59 Å². The lowest BCUT2D eigenvalue weighted by Gasteiger charge is -2.32. The molecule has 0 unspecified atom stereocenters. The van der Waals surface area contributed by atoms with Crippen LogP contribution >= 0.6 is 0 Å². The molecule has 1 aromatic rings. The summed E-state index contributed by atoms with van der Waals surface area (Å²) in [6, 6.07) is 9.77. The largest absolute Gasteiger partial charge is 0.369 e. The molecule has 1 atom stereocenters. The summed E-state index contributed by atoms with van der Waals surface area (Å²) < 4.78 is 5.63. The Morgan fingerprint density at radius 2 is 1.90 bits per heavy atom. The number of amides is 2. The van der Waals surface area contributed by atoms with Crippen LogP contribution in [0.1, 0.15) is 25.3 Å². The number of nitrogens with two attached hydrogens (primary N) is 1. The Labute approximate surface area is 125 Å². The summed E-state index contributed by atoms with van der Waals surface area (Å²) >= 11 is 0. The van der Waals surface area contributed by atoms with Gasteiger partial charge in [-0.05, 0) is 25.3 Å². The third-order valence-electron chi connectivity index (χ3n) is 3.90. The molecule has 0 saturated carbocycles. The summed E-state index contributed by atoms with van der Waals surface area (Å²) in [7, 11) is 0. The van der Waals surface area contributed by atoms with Crippen LogP contribution in [0.2, 0.25) is 0 Å². The third-order valence-corrected chi connectivity index (χ3v) is 3.90. The standard InChI is InChI=1S/C16H22N2O3/c1-12(21-11-13-5-3-2-4-6-13)16(20)18-9-7-14(8-10-18)15(17)19/h2-6,12,14H,7-11H2,1H3,(H2,17,19)/t12-/m0/s1.